The SMILES string of the molecule is CCCc1ncc(S(N)(=O)=O)[nH]1. The van der Waals surface area contributed by atoms with Crippen LogP contribution in [0.4, 0.5) is 0 Å². The van der Waals surface area contributed by atoms with Crippen molar-refractivity contribution in [3.63, 3.8) is 0 Å². The lowest BCUT2D eigenvalue weighted by atomic mass is 10.3. The first-order valence-corrected chi connectivity index (χ1v) is 5.15. The molecule has 0 radical (unpaired) electrons. The Kier molecular flexibility index (Phi) is 2.49. The standard InChI is InChI=1S/C6H11N3O2S/c1-2-3-5-8-4-6(9-5)12(7,10)11/h4H,2-3H2,1H3,(H,8,9)(H2,7,10,11). The lowest BCUT2D eigenvalue weighted by molar-refractivity contribution is 0.594. The van der Waals surface area contributed by atoms with Crippen LogP contribution in [-0.2, 0) is 16.4 Å². The number of rotatable bonds is 3. The molecule has 0 atom stereocenters. The maximum atomic E-state index is 10.8. The van der Waals surface area contributed by atoms with Gasteiger partial charge in [-0.25, -0.2) is 18.5 Å². The third-order valence-corrected chi connectivity index (χ3v) is 2.22. The number of aryl methyl sites for hydroxylation is 1. The quantitative estimate of drug-likeness (QED) is 0.701. The molecule has 1 rings (SSSR count). The summed E-state index contributed by atoms with van der Waals surface area (Å²) in [5.74, 6) is 0.654. The van der Waals surface area contributed by atoms with Crippen molar-refractivity contribution < 1.29 is 8.42 Å². The lowest BCUT2D eigenvalue weighted by Crippen LogP contribution is -2.12. The molecule has 0 aliphatic heterocycles. The van der Waals surface area contributed by atoms with Gasteiger partial charge in [0.1, 0.15) is 5.82 Å². The fourth-order valence-electron chi connectivity index (χ4n) is 0.852. The number of nitrogens with one attached hydrogen (secondary N) is 1. The highest BCUT2D eigenvalue weighted by Gasteiger charge is 2.10. The number of aromatic nitrogens is 2. The van der Waals surface area contributed by atoms with E-state index < -0.39 is 10.0 Å². The van der Waals surface area contributed by atoms with Crippen molar-refractivity contribution in [2.45, 2.75) is 24.8 Å². The van der Waals surface area contributed by atoms with Gasteiger partial charge in [0.25, 0.3) is 10.0 Å². The zero-order chi connectivity index (χ0) is 9.19. The van der Waals surface area contributed by atoms with Gasteiger partial charge in [0, 0.05) is 6.42 Å². The number of aromatic amines is 1. The summed E-state index contributed by atoms with van der Waals surface area (Å²) in [5.41, 5.74) is 0. The Bertz CT molecular complexity index is 355. The summed E-state index contributed by atoms with van der Waals surface area (Å²) in [6.07, 6.45) is 2.88. The van der Waals surface area contributed by atoms with Gasteiger partial charge in [0.05, 0.1) is 6.20 Å². The predicted octanol–water partition coefficient (Wildman–Crippen LogP) is 0.00960. The Morgan fingerprint density at radius 1 is 1.67 bits per heavy atom. The number of imidazole rings is 1. The van der Waals surface area contributed by atoms with Gasteiger partial charge in [-0.1, -0.05) is 6.92 Å². The van der Waals surface area contributed by atoms with Crippen LogP contribution in [0, 0.1) is 0 Å². The molecule has 0 spiro atoms. The fourth-order valence-corrected chi connectivity index (χ4v) is 1.31. The number of sulfonamides is 1. The molecule has 5 nitrogen and oxygen atoms in total. The Balaban J connectivity index is 2.92. The molecule has 0 aliphatic rings. The van der Waals surface area contributed by atoms with Gasteiger partial charge < -0.3 is 4.98 Å². The van der Waals surface area contributed by atoms with Crippen LogP contribution in [0.1, 0.15) is 19.2 Å². The maximum absolute atomic E-state index is 10.8. The zero-order valence-electron chi connectivity index (χ0n) is 6.74. The summed E-state index contributed by atoms with van der Waals surface area (Å²) >= 11 is 0. The molecule has 6 heteroatoms. The number of nitrogens with zero attached hydrogens (tertiary/aromatic N) is 1. The predicted molar refractivity (Wildman–Crippen MR) is 44.0 cm³/mol. The smallest absolute Gasteiger partial charge is 0.255 e. The van der Waals surface area contributed by atoms with Crippen molar-refractivity contribution in [1.29, 1.82) is 0 Å². The molecular formula is C6H11N3O2S. The second-order valence-electron chi connectivity index (χ2n) is 2.49. The van der Waals surface area contributed by atoms with Crippen molar-refractivity contribution in [3.8, 4) is 0 Å². The molecule has 68 valence electrons. The van der Waals surface area contributed by atoms with Crippen LogP contribution in [0.25, 0.3) is 0 Å². The van der Waals surface area contributed by atoms with Gasteiger partial charge in [-0.15, -0.1) is 0 Å². The zero-order valence-corrected chi connectivity index (χ0v) is 7.56. The molecule has 0 bridgehead atoms. The summed E-state index contributed by atoms with van der Waals surface area (Å²) < 4.78 is 21.5. The van der Waals surface area contributed by atoms with Crippen molar-refractivity contribution >= 4 is 10.0 Å². The van der Waals surface area contributed by atoms with E-state index in [0.717, 1.165) is 12.8 Å². The average Bonchev–Trinajstić information content (AvgIpc) is 2.35. The Morgan fingerprint density at radius 3 is 2.75 bits per heavy atom. The first kappa shape index (κ1) is 9.21. The van der Waals surface area contributed by atoms with E-state index in [1.165, 1.54) is 6.20 Å². The third-order valence-electron chi connectivity index (χ3n) is 1.40. The van der Waals surface area contributed by atoms with Crippen molar-refractivity contribution in [2.24, 2.45) is 5.14 Å². The van der Waals surface area contributed by atoms with Gasteiger partial charge in [0.15, 0.2) is 5.03 Å². The highest BCUT2D eigenvalue weighted by molar-refractivity contribution is 7.89. The van der Waals surface area contributed by atoms with Gasteiger partial charge in [0.2, 0.25) is 0 Å². The molecule has 0 amide bonds. The number of H-pyrrole nitrogens is 1. The van der Waals surface area contributed by atoms with Crippen LogP contribution in [0.2, 0.25) is 0 Å². The van der Waals surface area contributed by atoms with Gasteiger partial charge in [-0.2, -0.15) is 0 Å². The molecule has 0 aliphatic carbocycles. The van der Waals surface area contributed by atoms with E-state index in [1.54, 1.807) is 0 Å². The molecular weight excluding hydrogens is 178 g/mol. The second-order valence-corrected chi connectivity index (χ2v) is 4.02. The minimum Gasteiger partial charge on any atom is -0.332 e. The molecule has 1 heterocycles. The third kappa shape index (κ3) is 2.05. The number of nitrogens with two attached hydrogens (primary N) is 1. The summed E-state index contributed by atoms with van der Waals surface area (Å²) in [6.45, 7) is 1.99. The molecule has 0 saturated carbocycles. The molecule has 0 aromatic carbocycles. The molecule has 1 aromatic rings. The first-order chi connectivity index (χ1) is 5.54. The molecule has 0 saturated heterocycles. The minimum absolute atomic E-state index is 0.0223. The van der Waals surface area contributed by atoms with E-state index in [0.29, 0.717) is 5.82 Å². The summed E-state index contributed by atoms with van der Waals surface area (Å²) in [7, 11) is -3.62. The van der Waals surface area contributed by atoms with Crippen LogP contribution in [-0.4, -0.2) is 18.4 Å². The fraction of sp³-hybridized carbons (Fsp3) is 0.500. The van der Waals surface area contributed by atoms with Crippen molar-refractivity contribution in [2.75, 3.05) is 0 Å². The highest BCUT2D eigenvalue weighted by Crippen LogP contribution is 2.03. The first-order valence-electron chi connectivity index (χ1n) is 3.60. The topological polar surface area (TPSA) is 88.8 Å². The minimum atomic E-state index is -3.62. The number of hydrogen-bond donors (Lipinski definition) is 2. The number of primary sulfonamides is 1. The molecule has 1 aromatic heterocycles. The van der Waals surface area contributed by atoms with E-state index in [2.05, 4.69) is 9.97 Å². The normalized spacial score (nSPS) is 11.8. The molecule has 3 N–H and O–H groups in total. The van der Waals surface area contributed by atoms with Gasteiger partial charge in [-0.05, 0) is 6.42 Å². The summed E-state index contributed by atoms with van der Waals surface area (Å²) in [6, 6.07) is 0. The summed E-state index contributed by atoms with van der Waals surface area (Å²) in [4.78, 5) is 6.49. The van der Waals surface area contributed by atoms with E-state index in [-0.39, 0.29) is 5.03 Å². The van der Waals surface area contributed by atoms with Crippen LogP contribution in [0.15, 0.2) is 11.2 Å². The molecule has 0 unspecified atom stereocenters. The van der Waals surface area contributed by atoms with E-state index in [9.17, 15) is 8.42 Å². The van der Waals surface area contributed by atoms with E-state index in [1.807, 2.05) is 6.92 Å². The van der Waals surface area contributed by atoms with Gasteiger partial charge >= 0.3 is 0 Å². The second kappa shape index (κ2) is 3.24. The largest absolute Gasteiger partial charge is 0.332 e. The van der Waals surface area contributed by atoms with Crippen LogP contribution in [0.3, 0.4) is 0 Å². The highest BCUT2D eigenvalue weighted by atomic mass is 32.2. The maximum Gasteiger partial charge on any atom is 0.255 e. The van der Waals surface area contributed by atoms with Crippen LogP contribution >= 0.6 is 0 Å². The monoisotopic (exact) mass is 189 g/mol. The molecule has 0 fully saturated rings. The van der Waals surface area contributed by atoms with Crippen molar-refractivity contribution in [1.82, 2.24) is 9.97 Å². The Morgan fingerprint density at radius 2 is 2.33 bits per heavy atom. The van der Waals surface area contributed by atoms with Crippen LogP contribution in [0.5, 0.6) is 0 Å². The average molecular weight is 189 g/mol. The Hall–Kier alpha value is -0.880. The number of hydrogen-bond acceptors (Lipinski definition) is 3. The van der Waals surface area contributed by atoms with Gasteiger partial charge in [-0.3, -0.25) is 0 Å². The molecule has 12 heavy (non-hydrogen) atoms. The van der Waals surface area contributed by atoms with E-state index >= 15 is 0 Å². The lowest BCUT2D eigenvalue weighted by Gasteiger charge is -1.91. The Labute approximate surface area is 71.1 Å². The van der Waals surface area contributed by atoms with E-state index in [4.69, 9.17) is 5.14 Å². The van der Waals surface area contributed by atoms with Crippen LogP contribution < -0.4 is 5.14 Å². The summed E-state index contributed by atoms with van der Waals surface area (Å²) in [5, 5.41) is 4.84. The van der Waals surface area contributed by atoms with Crippen molar-refractivity contribution in [3.05, 3.63) is 12.0 Å².